The summed E-state index contributed by atoms with van der Waals surface area (Å²) >= 11 is 0. The van der Waals surface area contributed by atoms with Crippen LogP contribution in [0.5, 0.6) is 0 Å². The lowest BCUT2D eigenvalue weighted by molar-refractivity contribution is -0.123. The van der Waals surface area contributed by atoms with Gasteiger partial charge in [-0.3, -0.25) is 10.1 Å². The molecule has 1 heterocycles. The highest BCUT2D eigenvalue weighted by Gasteiger charge is 2.41. The Kier molecular flexibility index (Phi) is 4.06. The standard InChI is InChI=1S/C21H23N3O/c22-20(25)21(23-13-11-15-6-2-1-3-7-15)12-10-19-17(14-21)16-8-4-5-9-18(16)24-19/h1-9,14,19,23-24H,10-13H2,(H2,22,25). The van der Waals surface area contributed by atoms with Gasteiger partial charge < -0.3 is 11.1 Å². The van der Waals surface area contributed by atoms with Crippen molar-refractivity contribution in [3.05, 3.63) is 71.8 Å². The van der Waals surface area contributed by atoms with Gasteiger partial charge in [0.2, 0.25) is 5.91 Å². The summed E-state index contributed by atoms with van der Waals surface area (Å²) in [6, 6.07) is 18.8. The van der Waals surface area contributed by atoms with Gasteiger partial charge in [0.25, 0.3) is 0 Å². The summed E-state index contributed by atoms with van der Waals surface area (Å²) in [5, 5.41) is 6.99. The van der Waals surface area contributed by atoms with Gasteiger partial charge in [-0.05, 0) is 42.5 Å². The molecule has 0 saturated heterocycles. The fourth-order valence-corrected chi connectivity index (χ4v) is 3.92. The van der Waals surface area contributed by atoms with Crippen LogP contribution in [0.1, 0.15) is 24.0 Å². The minimum absolute atomic E-state index is 0.279. The van der Waals surface area contributed by atoms with Gasteiger partial charge in [0.15, 0.2) is 0 Å². The molecule has 4 heteroatoms. The average molecular weight is 333 g/mol. The van der Waals surface area contributed by atoms with Crippen LogP contribution < -0.4 is 16.4 Å². The third kappa shape index (κ3) is 2.94. The zero-order valence-electron chi connectivity index (χ0n) is 14.2. The number of carbonyl (C=O) groups excluding carboxylic acids is 1. The molecule has 1 amide bonds. The summed E-state index contributed by atoms with van der Waals surface area (Å²) in [6.45, 7) is 0.719. The van der Waals surface area contributed by atoms with Gasteiger partial charge in [-0.25, -0.2) is 0 Å². The van der Waals surface area contributed by atoms with Gasteiger partial charge in [-0.2, -0.15) is 0 Å². The molecule has 128 valence electrons. The summed E-state index contributed by atoms with van der Waals surface area (Å²) in [5.41, 5.74) is 9.82. The first-order valence-corrected chi connectivity index (χ1v) is 8.85. The Bertz CT molecular complexity index is 815. The molecule has 4 N–H and O–H groups in total. The molecule has 1 aliphatic carbocycles. The quantitative estimate of drug-likeness (QED) is 0.788. The number of carbonyl (C=O) groups is 1. The van der Waals surface area contributed by atoms with E-state index < -0.39 is 5.54 Å². The number of hydrogen-bond donors (Lipinski definition) is 3. The normalized spacial score (nSPS) is 24.0. The highest BCUT2D eigenvalue weighted by molar-refractivity contribution is 5.95. The lowest BCUT2D eigenvalue weighted by Crippen LogP contribution is -2.56. The zero-order valence-corrected chi connectivity index (χ0v) is 14.2. The molecule has 25 heavy (non-hydrogen) atoms. The smallest absolute Gasteiger partial charge is 0.241 e. The molecule has 2 aromatic rings. The van der Waals surface area contributed by atoms with Gasteiger partial charge >= 0.3 is 0 Å². The zero-order chi connectivity index (χ0) is 17.3. The molecule has 0 fully saturated rings. The maximum atomic E-state index is 12.3. The number of benzene rings is 2. The summed E-state index contributed by atoms with van der Waals surface area (Å²) in [5.74, 6) is -0.295. The van der Waals surface area contributed by atoms with Crippen molar-refractivity contribution in [3.63, 3.8) is 0 Å². The van der Waals surface area contributed by atoms with Crippen LogP contribution in [0.3, 0.4) is 0 Å². The molecule has 4 nitrogen and oxygen atoms in total. The molecule has 2 aromatic carbocycles. The Balaban J connectivity index is 1.57. The molecule has 0 bridgehead atoms. The van der Waals surface area contributed by atoms with Gasteiger partial charge in [-0.1, -0.05) is 48.5 Å². The number of nitrogens with one attached hydrogen (secondary N) is 2. The topological polar surface area (TPSA) is 67.2 Å². The SMILES string of the molecule is NC(=O)C1(NCCc2ccccc2)C=C2c3ccccc3NC2CC1. The first kappa shape index (κ1) is 15.9. The van der Waals surface area contributed by atoms with Crippen LogP contribution in [0, 0.1) is 0 Å². The van der Waals surface area contributed by atoms with E-state index in [1.54, 1.807) is 0 Å². The van der Waals surface area contributed by atoms with Crippen molar-refractivity contribution in [1.29, 1.82) is 0 Å². The Morgan fingerprint density at radius 3 is 2.72 bits per heavy atom. The molecule has 0 spiro atoms. The Morgan fingerprint density at radius 2 is 1.92 bits per heavy atom. The van der Waals surface area contributed by atoms with E-state index in [-0.39, 0.29) is 11.9 Å². The third-order valence-electron chi connectivity index (χ3n) is 5.31. The molecule has 2 atom stereocenters. The molecular formula is C21H23N3O. The van der Waals surface area contributed by atoms with Crippen LogP contribution in [0.4, 0.5) is 5.69 Å². The van der Waals surface area contributed by atoms with E-state index >= 15 is 0 Å². The van der Waals surface area contributed by atoms with E-state index in [0.717, 1.165) is 25.1 Å². The van der Waals surface area contributed by atoms with Crippen LogP contribution in [0.25, 0.3) is 5.57 Å². The van der Waals surface area contributed by atoms with Crippen molar-refractivity contribution >= 4 is 17.2 Å². The van der Waals surface area contributed by atoms with E-state index in [1.165, 1.54) is 16.7 Å². The number of para-hydroxylation sites is 1. The van der Waals surface area contributed by atoms with E-state index in [1.807, 2.05) is 30.3 Å². The first-order chi connectivity index (χ1) is 12.2. The van der Waals surface area contributed by atoms with Gasteiger partial charge in [0.1, 0.15) is 5.54 Å². The van der Waals surface area contributed by atoms with Crippen molar-refractivity contribution in [2.75, 3.05) is 11.9 Å². The van der Waals surface area contributed by atoms with E-state index in [2.05, 4.69) is 41.0 Å². The predicted octanol–water partition coefficient (Wildman–Crippen LogP) is 2.71. The Hall–Kier alpha value is -2.59. The lowest BCUT2D eigenvalue weighted by atomic mass is 9.79. The predicted molar refractivity (Wildman–Crippen MR) is 101 cm³/mol. The Labute approximate surface area is 148 Å². The number of fused-ring (bicyclic) bond motifs is 3. The summed E-state index contributed by atoms with van der Waals surface area (Å²) < 4.78 is 0. The largest absolute Gasteiger partial charge is 0.378 e. The average Bonchev–Trinajstić information content (AvgIpc) is 3.00. The minimum Gasteiger partial charge on any atom is -0.378 e. The molecule has 1 aliphatic heterocycles. The molecule has 4 rings (SSSR count). The highest BCUT2D eigenvalue weighted by Crippen LogP contribution is 2.42. The van der Waals surface area contributed by atoms with Crippen LogP contribution in [0.15, 0.2) is 60.7 Å². The summed E-state index contributed by atoms with van der Waals surface area (Å²) in [7, 11) is 0. The second-order valence-corrected chi connectivity index (χ2v) is 6.88. The number of primary amides is 1. The monoisotopic (exact) mass is 333 g/mol. The van der Waals surface area contributed by atoms with Crippen LogP contribution in [0.2, 0.25) is 0 Å². The molecule has 0 radical (unpaired) electrons. The number of anilines is 1. The molecular weight excluding hydrogens is 310 g/mol. The maximum absolute atomic E-state index is 12.3. The van der Waals surface area contributed by atoms with Crippen molar-refractivity contribution in [3.8, 4) is 0 Å². The molecule has 2 unspecified atom stereocenters. The van der Waals surface area contributed by atoms with Crippen molar-refractivity contribution in [1.82, 2.24) is 5.32 Å². The first-order valence-electron chi connectivity index (χ1n) is 8.85. The van der Waals surface area contributed by atoms with Gasteiger partial charge in [0.05, 0.1) is 6.04 Å². The maximum Gasteiger partial charge on any atom is 0.241 e. The number of hydrogen-bond acceptors (Lipinski definition) is 3. The third-order valence-corrected chi connectivity index (χ3v) is 5.31. The van der Waals surface area contributed by atoms with E-state index in [4.69, 9.17) is 5.73 Å². The number of amides is 1. The van der Waals surface area contributed by atoms with E-state index in [0.29, 0.717) is 6.42 Å². The van der Waals surface area contributed by atoms with Gasteiger partial charge in [0, 0.05) is 17.8 Å². The van der Waals surface area contributed by atoms with Crippen LogP contribution in [-0.2, 0) is 11.2 Å². The molecule has 2 aliphatic rings. The van der Waals surface area contributed by atoms with Crippen molar-refractivity contribution in [2.24, 2.45) is 5.73 Å². The minimum atomic E-state index is -0.764. The van der Waals surface area contributed by atoms with Crippen molar-refractivity contribution < 1.29 is 4.79 Å². The fraction of sp³-hybridized carbons (Fsp3) is 0.286. The van der Waals surface area contributed by atoms with Gasteiger partial charge in [-0.15, -0.1) is 0 Å². The van der Waals surface area contributed by atoms with E-state index in [9.17, 15) is 4.79 Å². The van der Waals surface area contributed by atoms with Crippen LogP contribution >= 0.6 is 0 Å². The highest BCUT2D eigenvalue weighted by atomic mass is 16.1. The lowest BCUT2D eigenvalue weighted by Gasteiger charge is -2.35. The number of rotatable bonds is 5. The van der Waals surface area contributed by atoms with Crippen LogP contribution in [-0.4, -0.2) is 24.0 Å². The summed E-state index contributed by atoms with van der Waals surface area (Å²) in [4.78, 5) is 12.3. The molecule has 0 aromatic heterocycles. The Morgan fingerprint density at radius 1 is 1.16 bits per heavy atom. The second-order valence-electron chi connectivity index (χ2n) is 6.88. The second kappa shape index (κ2) is 6.37. The number of nitrogens with two attached hydrogens (primary N) is 1. The molecule has 0 saturated carbocycles. The van der Waals surface area contributed by atoms with Crippen molar-refractivity contribution in [2.45, 2.75) is 30.8 Å². The summed E-state index contributed by atoms with van der Waals surface area (Å²) in [6.07, 6.45) is 4.54. The fourth-order valence-electron chi connectivity index (χ4n) is 3.92.